The van der Waals surface area contributed by atoms with E-state index in [1.807, 2.05) is 12.2 Å². The first kappa shape index (κ1) is 16.6. The van der Waals surface area contributed by atoms with Crippen LogP contribution in [0.15, 0.2) is 0 Å². The molecule has 0 spiro atoms. The van der Waals surface area contributed by atoms with E-state index in [2.05, 4.69) is 12.2 Å². The van der Waals surface area contributed by atoms with Crippen LogP contribution in [-0.4, -0.2) is 42.7 Å². The van der Waals surface area contributed by atoms with Crippen LogP contribution in [0.4, 0.5) is 13.2 Å². The van der Waals surface area contributed by atoms with Crippen molar-refractivity contribution in [3.8, 4) is 0 Å². The maximum atomic E-state index is 11.8. The zero-order chi connectivity index (χ0) is 13.3. The number of rotatable bonds is 8. The highest BCUT2D eigenvalue weighted by atomic mass is 32.2. The van der Waals surface area contributed by atoms with Crippen molar-refractivity contribution < 1.29 is 18.0 Å². The van der Waals surface area contributed by atoms with Gasteiger partial charge in [-0.25, -0.2) is 0 Å². The van der Waals surface area contributed by atoms with E-state index in [-0.39, 0.29) is 12.6 Å². The van der Waals surface area contributed by atoms with Gasteiger partial charge in [0.25, 0.3) is 0 Å². The predicted molar refractivity (Wildman–Crippen MR) is 64.1 cm³/mol. The van der Waals surface area contributed by atoms with Crippen molar-refractivity contribution in [1.82, 2.24) is 10.6 Å². The summed E-state index contributed by atoms with van der Waals surface area (Å²) >= 11 is 1.80. The monoisotopic (exact) mass is 272 g/mol. The van der Waals surface area contributed by atoms with E-state index < -0.39 is 18.6 Å². The summed E-state index contributed by atoms with van der Waals surface area (Å²) in [4.78, 5) is 11.0. The van der Waals surface area contributed by atoms with E-state index in [9.17, 15) is 18.0 Å². The fourth-order valence-corrected chi connectivity index (χ4v) is 1.84. The standard InChI is InChI=1S/C10H19F3N2OS/c1-3-17-5-4-8(2)14-6-9(16)15-7-10(11,12)13/h8,14H,3-7H2,1-2H3,(H,15,16). The molecule has 1 unspecified atom stereocenters. The molecule has 0 rings (SSSR count). The van der Waals surface area contributed by atoms with Gasteiger partial charge < -0.3 is 10.6 Å². The van der Waals surface area contributed by atoms with E-state index in [4.69, 9.17) is 0 Å². The molecule has 0 radical (unpaired) electrons. The van der Waals surface area contributed by atoms with E-state index in [1.165, 1.54) is 0 Å². The first-order valence-electron chi connectivity index (χ1n) is 5.49. The zero-order valence-electron chi connectivity index (χ0n) is 10.1. The first-order valence-corrected chi connectivity index (χ1v) is 6.65. The Labute approximate surface area is 104 Å². The highest BCUT2D eigenvalue weighted by Crippen LogP contribution is 2.11. The summed E-state index contributed by atoms with van der Waals surface area (Å²) < 4.78 is 35.3. The minimum absolute atomic E-state index is 0.0754. The maximum absolute atomic E-state index is 11.8. The zero-order valence-corrected chi connectivity index (χ0v) is 10.9. The Morgan fingerprint density at radius 3 is 2.59 bits per heavy atom. The van der Waals surface area contributed by atoms with E-state index in [1.54, 1.807) is 11.8 Å². The average molecular weight is 272 g/mol. The van der Waals surface area contributed by atoms with Gasteiger partial charge in [0.15, 0.2) is 0 Å². The normalized spacial score (nSPS) is 13.5. The number of alkyl halides is 3. The van der Waals surface area contributed by atoms with Gasteiger partial charge in [0.1, 0.15) is 6.54 Å². The van der Waals surface area contributed by atoms with Gasteiger partial charge in [-0.05, 0) is 24.9 Å². The molecule has 0 bridgehead atoms. The third-order valence-electron chi connectivity index (χ3n) is 2.00. The minimum Gasteiger partial charge on any atom is -0.346 e. The molecule has 3 nitrogen and oxygen atoms in total. The third-order valence-corrected chi connectivity index (χ3v) is 2.93. The molecule has 2 N–H and O–H groups in total. The molecule has 0 saturated carbocycles. The van der Waals surface area contributed by atoms with Crippen LogP contribution in [0.3, 0.4) is 0 Å². The number of halogens is 3. The summed E-state index contributed by atoms with van der Waals surface area (Å²) in [6.45, 7) is 2.63. The van der Waals surface area contributed by atoms with E-state index in [0.717, 1.165) is 17.9 Å². The van der Waals surface area contributed by atoms with Gasteiger partial charge in [-0.3, -0.25) is 4.79 Å². The fraction of sp³-hybridized carbons (Fsp3) is 0.900. The summed E-state index contributed by atoms with van der Waals surface area (Å²) in [6.07, 6.45) is -3.45. The van der Waals surface area contributed by atoms with Gasteiger partial charge >= 0.3 is 6.18 Å². The van der Waals surface area contributed by atoms with Crippen LogP contribution in [0.25, 0.3) is 0 Å². The van der Waals surface area contributed by atoms with Crippen molar-refractivity contribution >= 4 is 17.7 Å². The van der Waals surface area contributed by atoms with Gasteiger partial charge in [0.05, 0.1) is 6.54 Å². The SMILES string of the molecule is CCSCCC(C)NCC(=O)NCC(F)(F)F. The lowest BCUT2D eigenvalue weighted by Gasteiger charge is -2.13. The van der Waals surface area contributed by atoms with Gasteiger partial charge in [-0.2, -0.15) is 24.9 Å². The number of thioether (sulfide) groups is 1. The van der Waals surface area contributed by atoms with Crippen LogP contribution in [0.2, 0.25) is 0 Å². The van der Waals surface area contributed by atoms with Crippen molar-refractivity contribution in [3.05, 3.63) is 0 Å². The van der Waals surface area contributed by atoms with E-state index >= 15 is 0 Å². The molecule has 7 heteroatoms. The van der Waals surface area contributed by atoms with Gasteiger partial charge in [0.2, 0.25) is 5.91 Å². The lowest BCUT2D eigenvalue weighted by atomic mass is 10.2. The molecular weight excluding hydrogens is 253 g/mol. The highest BCUT2D eigenvalue weighted by molar-refractivity contribution is 7.99. The number of carbonyl (C=O) groups excluding carboxylic acids is 1. The molecule has 0 aliphatic rings. The predicted octanol–water partition coefficient (Wildman–Crippen LogP) is 1.79. The Balaban J connectivity index is 3.55. The molecule has 17 heavy (non-hydrogen) atoms. The summed E-state index contributed by atoms with van der Waals surface area (Å²) in [7, 11) is 0. The summed E-state index contributed by atoms with van der Waals surface area (Å²) in [5, 5.41) is 4.70. The van der Waals surface area contributed by atoms with Crippen molar-refractivity contribution in [2.75, 3.05) is 24.6 Å². The molecule has 0 fully saturated rings. The number of hydrogen-bond acceptors (Lipinski definition) is 3. The first-order chi connectivity index (χ1) is 7.85. The van der Waals surface area contributed by atoms with Gasteiger partial charge in [0, 0.05) is 6.04 Å². The topological polar surface area (TPSA) is 41.1 Å². The fourth-order valence-electron chi connectivity index (χ4n) is 1.03. The molecule has 0 aliphatic carbocycles. The van der Waals surface area contributed by atoms with Crippen LogP contribution in [0.5, 0.6) is 0 Å². The van der Waals surface area contributed by atoms with Crippen LogP contribution < -0.4 is 10.6 Å². The molecule has 0 heterocycles. The summed E-state index contributed by atoms with van der Waals surface area (Å²) in [5.74, 6) is 1.39. The van der Waals surface area contributed by atoms with Crippen molar-refractivity contribution in [1.29, 1.82) is 0 Å². The lowest BCUT2D eigenvalue weighted by Crippen LogP contribution is -2.41. The minimum atomic E-state index is -4.35. The highest BCUT2D eigenvalue weighted by Gasteiger charge is 2.27. The largest absolute Gasteiger partial charge is 0.405 e. The third kappa shape index (κ3) is 11.8. The second-order valence-electron chi connectivity index (χ2n) is 3.66. The Morgan fingerprint density at radius 1 is 1.41 bits per heavy atom. The second-order valence-corrected chi connectivity index (χ2v) is 5.05. The summed E-state index contributed by atoms with van der Waals surface area (Å²) in [5.41, 5.74) is 0. The number of hydrogen-bond donors (Lipinski definition) is 2. The van der Waals surface area contributed by atoms with Crippen molar-refractivity contribution in [3.63, 3.8) is 0 Å². The maximum Gasteiger partial charge on any atom is 0.405 e. The second kappa shape index (κ2) is 8.63. The van der Waals surface area contributed by atoms with Crippen LogP contribution >= 0.6 is 11.8 Å². The molecule has 1 amide bonds. The Morgan fingerprint density at radius 2 is 2.06 bits per heavy atom. The molecule has 0 aromatic heterocycles. The smallest absolute Gasteiger partial charge is 0.346 e. The van der Waals surface area contributed by atoms with Crippen LogP contribution in [0.1, 0.15) is 20.3 Å². The van der Waals surface area contributed by atoms with Gasteiger partial charge in [-0.1, -0.05) is 6.92 Å². The lowest BCUT2D eigenvalue weighted by molar-refractivity contribution is -0.137. The summed E-state index contributed by atoms with van der Waals surface area (Å²) in [6, 6.07) is 0.130. The van der Waals surface area contributed by atoms with Gasteiger partial charge in [-0.15, -0.1) is 0 Å². The molecule has 0 aromatic carbocycles. The molecular formula is C10H19F3N2OS. The van der Waals surface area contributed by atoms with Crippen LogP contribution in [0, 0.1) is 0 Å². The van der Waals surface area contributed by atoms with E-state index in [0.29, 0.717) is 0 Å². The molecule has 1 atom stereocenters. The molecule has 0 aromatic rings. The number of nitrogens with one attached hydrogen (secondary N) is 2. The number of carbonyl (C=O) groups is 1. The Bertz CT molecular complexity index is 224. The Kier molecular flexibility index (Phi) is 8.41. The molecule has 0 aliphatic heterocycles. The average Bonchev–Trinajstić information content (AvgIpc) is 2.23. The van der Waals surface area contributed by atoms with Crippen molar-refractivity contribution in [2.45, 2.75) is 32.5 Å². The quantitative estimate of drug-likeness (QED) is 0.662. The van der Waals surface area contributed by atoms with Crippen molar-refractivity contribution in [2.24, 2.45) is 0 Å². The van der Waals surface area contributed by atoms with Crippen LogP contribution in [-0.2, 0) is 4.79 Å². The molecule has 102 valence electrons. The molecule has 0 saturated heterocycles. The Hall–Kier alpha value is -0.430. The number of amides is 1.